The lowest BCUT2D eigenvalue weighted by molar-refractivity contribution is -0.674. The van der Waals surface area contributed by atoms with E-state index in [2.05, 4.69) is 20.9 Å². The summed E-state index contributed by atoms with van der Waals surface area (Å²) >= 11 is 0. The van der Waals surface area contributed by atoms with Crippen LogP contribution in [0.5, 0.6) is 5.75 Å². The Labute approximate surface area is 211 Å². The number of aromatic hydroxyl groups is 1. The third-order valence-corrected chi connectivity index (χ3v) is 7.35. The molecule has 0 bridgehead atoms. The number of hydrogen-bond donors (Lipinski definition) is 9. The van der Waals surface area contributed by atoms with E-state index in [1.165, 1.54) is 4.58 Å². The summed E-state index contributed by atoms with van der Waals surface area (Å²) in [5.41, 5.74) is 8.30. The summed E-state index contributed by atoms with van der Waals surface area (Å²) in [4.78, 5) is 41.2. The molecule has 4 aliphatic rings. The standard InChI is InChI=1S/C21H23F3N8O6/c22-21(23,24)9-5-8(1-2-11(9)33)16(36)28-12-7-32-18(26)27-10(6-31-13(34)3-4-14(31)35)15-19(32,20(12,37)38)30-17(25)29-15/h1-2,5,10,12,15,37-38H,3-4,6-7H2,(H7,25,26,27,28,29,30,33,36)/p+2/t10-,12?,15-,19-/m0/s1. The maximum atomic E-state index is 13.2. The number of aliphatic hydroxyl groups is 2. The maximum absolute atomic E-state index is 13.2. The van der Waals surface area contributed by atoms with Crippen LogP contribution in [-0.4, -0.2) is 97.1 Å². The van der Waals surface area contributed by atoms with Gasteiger partial charge < -0.3 is 20.6 Å². The molecule has 11 N–H and O–H groups in total. The number of likely N-dealkylation sites (tertiary alicyclic amines) is 1. The average Bonchev–Trinajstić information content (AvgIpc) is 3.41. The van der Waals surface area contributed by atoms with Crippen LogP contribution in [0.4, 0.5) is 13.2 Å². The number of imide groups is 1. The largest absolute Gasteiger partial charge is 0.507 e. The molecule has 3 amide bonds. The normalized spacial score (nSPS) is 30.0. The topological polar surface area (TPSA) is 220 Å². The molecule has 0 radical (unpaired) electrons. The number of halogens is 3. The van der Waals surface area contributed by atoms with Crippen LogP contribution in [-0.2, 0) is 15.8 Å². The van der Waals surface area contributed by atoms with Crippen LogP contribution in [0.15, 0.2) is 18.2 Å². The van der Waals surface area contributed by atoms with Crippen molar-refractivity contribution >= 4 is 29.6 Å². The third kappa shape index (κ3) is 3.60. The number of alkyl halides is 3. The second kappa shape index (κ2) is 8.19. The predicted molar refractivity (Wildman–Crippen MR) is 119 cm³/mol. The first kappa shape index (κ1) is 25.5. The van der Waals surface area contributed by atoms with Crippen LogP contribution in [0.2, 0.25) is 0 Å². The number of hydrogen-bond acceptors (Lipinski definition) is 10. The Hall–Kier alpha value is -4.12. The van der Waals surface area contributed by atoms with Crippen molar-refractivity contribution in [2.24, 2.45) is 11.5 Å². The number of phenols is 1. The summed E-state index contributed by atoms with van der Waals surface area (Å²) < 4.78 is 40.9. The average molecular weight is 542 g/mol. The van der Waals surface area contributed by atoms with Gasteiger partial charge in [0.2, 0.25) is 11.8 Å². The number of nitrogens with one attached hydrogen (secondary N) is 4. The minimum Gasteiger partial charge on any atom is -0.507 e. The van der Waals surface area contributed by atoms with E-state index in [-0.39, 0.29) is 37.9 Å². The lowest BCUT2D eigenvalue weighted by atomic mass is 9.85. The number of nitrogens with zero attached hydrogens (tertiary/aromatic N) is 2. The minimum atomic E-state index is -4.94. The molecule has 4 atom stereocenters. The van der Waals surface area contributed by atoms with Gasteiger partial charge in [-0.15, -0.1) is 0 Å². The second-order valence-electron chi connectivity index (χ2n) is 9.55. The zero-order valence-corrected chi connectivity index (χ0v) is 19.5. The number of benzene rings is 1. The molecule has 2 fully saturated rings. The van der Waals surface area contributed by atoms with Gasteiger partial charge in [-0.1, -0.05) is 0 Å². The van der Waals surface area contributed by atoms with Crippen molar-refractivity contribution in [3.63, 3.8) is 0 Å². The summed E-state index contributed by atoms with van der Waals surface area (Å²) in [6, 6.07) is -1.30. The highest BCUT2D eigenvalue weighted by molar-refractivity contribution is 6.02. The Morgan fingerprint density at radius 1 is 1.24 bits per heavy atom. The first-order valence-electron chi connectivity index (χ1n) is 11.5. The van der Waals surface area contributed by atoms with Crippen LogP contribution in [0, 0.1) is 0 Å². The van der Waals surface area contributed by atoms with Gasteiger partial charge in [0.1, 0.15) is 17.8 Å². The molecule has 17 heteroatoms. The molecule has 0 aliphatic carbocycles. The molecule has 0 saturated carbocycles. The van der Waals surface area contributed by atoms with Gasteiger partial charge in [-0.3, -0.25) is 41.1 Å². The van der Waals surface area contributed by atoms with Gasteiger partial charge in [0.15, 0.2) is 6.04 Å². The highest BCUT2D eigenvalue weighted by atomic mass is 19.4. The maximum Gasteiger partial charge on any atom is 0.419 e. The van der Waals surface area contributed by atoms with Crippen molar-refractivity contribution in [2.45, 2.75) is 48.6 Å². The van der Waals surface area contributed by atoms with Gasteiger partial charge in [-0.25, -0.2) is 9.89 Å². The highest BCUT2D eigenvalue weighted by Gasteiger charge is 2.78. The minimum absolute atomic E-state index is 0.0397. The highest BCUT2D eigenvalue weighted by Crippen LogP contribution is 2.39. The van der Waals surface area contributed by atoms with Gasteiger partial charge in [-0.05, 0) is 18.2 Å². The number of amides is 3. The Balaban J connectivity index is 1.46. The first-order valence-corrected chi connectivity index (χ1v) is 11.5. The Bertz CT molecular complexity index is 1300. The van der Waals surface area contributed by atoms with Gasteiger partial charge in [0.25, 0.3) is 17.4 Å². The number of carbonyl (C=O) groups excluding carboxylic acids is 3. The van der Waals surface area contributed by atoms with Crippen molar-refractivity contribution in [3.05, 3.63) is 29.3 Å². The molecular formula is C21H25F3N8O6+2. The van der Waals surface area contributed by atoms with Gasteiger partial charge in [-0.2, -0.15) is 13.2 Å². The van der Waals surface area contributed by atoms with E-state index in [0.717, 1.165) is 11.0 Å². The Kier molecular flexibility index (Phi) is 5.50. The molecule has 0 aromatic heterocycles. The molecular weight excluding hydrogens is 517 g/mol. The Morgan fingerprint density at radius 2 is 1.89 bits per heavy atom. The van der Waals surface area contributed by atoms with E-state index in [4.69, 9.17) is 11.5 Å². The van der Waals surface area contributed by atoms with Crippen molar-refractivity contribution in [1.29, 1.82) is 0 Å². The summed E-state index contributed by atoms with van der Waals surface area (Å²) in [6.07, 6.45) is -4.86. The Morgan fingerprint density at radius 3 is 2.53 bits per heavy atom. The monoisotopic (exact) mass is 542 g/mol. The lowest BCUT2D eigenvalue weighted by Crippen LogP contribution is -2.92. The summed E-state index contributed by atoms with van der Waals surface area (Å²) in [7, 11) is 0. The van der Waals surface area contributed by atoms with Gasteiger partial charge in [0.05, 0.1) is 18.7 Å². The molecule has 4 heterocycles. The van der Waals surface area contributed by atoms with E-state index in [0.29, 0.717) is 12.1 Å². The molecule has 1 spiro atoms. The van der Waals surface area contributed by atoms with Crippen LogP contribution in [0.1, 0.15) is 28.8 Å². The van der Waals surface area contributed by atoms with Crippen molar-refractivity contribution < 1.29 is 52.4 Å². The van der Waals surface area contributed by atoms with Gasteiger partial charge in [0, 0.05) is 18.4 Å². The van der Waals surface area contributed by atoms with Crippen LogP contribution in [0.25, 0.3) is 0 Å². The number of carbonyl (C=O) groups is 3. The first-order chi connectivity index (χ1) is 17.7. The van der Waals surface area contributed by atoms with E-state index in [1.807, 2.05) is 0 Å². The molecule has 38 heavy (non-hydrogen) atoms. The SMILES string of the molecule is NC1=[NH+][C@H]2[C@H](CN3C(=O)CCC3=O)NC(N)=[N+]3CC(NC(=O)c4ccc(O)c(C(F)(F)F)c4)C(O)(O)[C@]23N1. The fourth-order valence-corrected chi connectivity index (χ4v) is 5.56. The van der Waals surface area contributed by atoms with Crippen LogP contribution in [0.3, 0.4) is 0 Å². The molecule has 2 saturated heterocycles. The number of rotatable bonds is 4. The molecule has 1 aromatic rings. The number of phenolic OH excluding ortho intramolecular Hbond substituents is 1. The zero-order valence-electron chi connectivity index (χ0n) is 19.5. The third-order valence-electron chi connectivity index (χ3n) is 7.35. The van der Waals surface area contributed by atoms with Crippen molar-refractivity contribution in [1.82, 2.24) is 20.9 Å². The molecule has 204 valence electrons. The van der Waals surface area contributed by atoms with Crippen LogP contribution >= 0.6 is 0 Å². The second-order valence-corrected chi connectivity index (χ2v) is 9.55. The van der Waals surface area contributed by atoms with Crippen LogP contribution < -0.4 is 32.4 Å². The smallest absolute Gasteiger partial charge is 0.419 e. The fourth-order valence-electron chi connectivity index (χ4n) is 5.56. The van der Waals surface area contributed by atoms with Gasteiger partial charge >= 0.3 is 18.1 Å². The van der Waals surface area contributed by atoms with E-state index in [9.17, 15) is 42.9 Å². The van der Waals surface area contributed by atoms with Crippen molar-refractivity contribution in [3.8, 4) is 5.75 Å². The van der Waals surface area contributed by atoms with E-state index < -0.39 is 70.3 Å². The molecule has 4 aliphatic heterocycles. The molecule has 5 rings (SSSR count). The van der Waals surface area contributed by atoms with Crippen molar-refractivity contribution in [2.75, 3.05) is 13.1 Å². The lowest BCUT2D eigenvalue weighted by Gasteiger charge is -2.41. The summed E-state index contributed by atoms with van der Waals surface area (Å²) in [6.45, 7) is -0.504. The fraction of sp³-hybridized carbons (Fsp3) is 0.476. The quantitative estimate of drug-likeness (QED) is 0.0999. The molecule has 1 unspecified atom stereocenters. The zero-order chi connectivity index (χ0) is 27.8. The summed E-state index contributed by atoms with van der Waals surface area (Å²) in [5.74, 6) is -5.99. The number of guanidine groups is 2. The van der Waals surface area contributed by atoms with E-state index in [1.54, 1.807) is 0 Å². The summed E-state index contributed by atoms with van der Waals surface area (Å²) in [5, 5.41) is 40.4. The number of nitrogens with two attached hydrogens (primary N) is 2. The predicted octanol–water partition coefficient (Wildman–Crippen LogP) is -5.28. The molecule has 1 aromatic carbocycles. The molecule has 14 nitrogen and oxygen atoms in total. The van der Waals surface area contributed by atoms with E-state index >= 15 is 0 Å².